The summed E-state index contributed by atoms with van der Waals surface area (Å²) in [4.78, 5) is 28.7. The fourth-order valence-electron chi connectivity index (χ4n) is 3.69. The van der Waals surface area contributed by atoms with Crippen LogP contribution in [0.4, 0.5) is 0 Å². The maximum atomic E-state index is 13.6. The molecule has 0 aliphatic carbocycles. The minimum atomic E-state index is -0.762. The Morgan fingerprint density at radius 3 is 2.33 bits per heavy atom. The van der Waals surface area contributed by atoms with Gasteiger partial charge < -0.3 is 15.0 Å². The quantitative estimate of drug-likeness (QED) is 0.322. The van der Waals surface area contributed by atoms with Gasteiger partial charge in [-0.2, -0.15) is 0 Å². The highest BCUT2D eigenvalue weighted by atomic mass is 35.5. The standard InChI is InChI=1S/C29H32Cl2N2O3/c1-4-21(3)32-29(35)27(16-22-8-6-5-7-9-22)33(18-23-12-13-24(30)17-26(23)31)28(34)19-36-25-14-10-20(2)11-15-25/h5-15,17,21,27H,4,16,18-19H2,1-3H3,(H,32,35)/t21-,27-/m1/s1. The number of hydrogen-bond donors (Lipinski definition) is 1. The van der Waals surface area contributed by atoms with Crippen molar-refractivity contribution in [2.75, 3.05) is 6.61 Å². The van der Waals surface area contributed by atoms with E-state index < -0.39 is 6.04 Å². The van der Waals surface area contributed by atoms with E-state index in [1.54, 1.807) is 23.1 Å². The number of nitrogens with one attached hydrogen (secondary N) is 1. The molecule has 0 heterocycles. The molecule has 0 radical (unpaired) electrons. The molecule has 3 rings (SSSR count). The van der Waals surface area contributed by atoms with Crippen LogP contribution in [-0.4, -0.2) is 35.4 Å². The summed E-state index contributed by atoms with van der Waals surface area (Å²) in [5.41, 5.74) is 2.73. The lowest BCUT2D eigenvalue weighted by molar-refractivity contribution is -0.143. The van der Waals surface area contributed by atoms with Crippen molar-refractivity contribution in [1.82, 2.24) is 10.2 Å². The van der Waals surface area contributed by atoms with E-state index in [1.165, 1.54) is 0 Å². The third-order valence-electron chi connectivity index (χ3n) is 6.01. The molecule has 2 atom stereocenters. The molecule has 0 spiro atoms. The van der Waals surface area contributed by atoms with Crippen molar-refractivity contribution < 1.29 is 14.3 Å². The van der Waals surface area contributed by atoms with Gasteiger partial charge in [0.1, 0.15) is 11.8 Å². The molecule has 7 heteroatoms. The number of ether oxygens (including phenoxy) is 1. The lowest BCUT2D eigenvalue weighted by Crippen LogP contribution is -2.53. The first-order valence-electron chi connectivity index (χ1n) is 12.0. The van der Waals surface area contributed by atoms with Crippen LogP contribution in [0.5, 0.6) is 5.75 Å². The van der Waals surface area contributed by atoms with Crippen molar-refractivity contribution in [1.29, 1.82) is 0 Å². The second-order valence-corrected chi connectivity index (χ2v) is 9.73. The number of aryl methyl sites for hydroxylation is 1. The summed E-state index contributed by atoms with van der Waals surface area (Å²) >= 11 is 12.6. The highest BCUT2D eigenvalue weighted by Gasteiger charge is 2.31. The monoisotopic (exact) mass is 526 g/mol. The Kier molecular flexibility index (Phi) is 10.2. The summed E-state index contributed by atoms with van der Waals surface area (Å²) < 4.78 is 5.80. The largest absolute Gasteiger partial charge is 0.484 e. The number of rotatable bonds is 11. The first kappa shape index (κ1) is 27.6. The summed E-state index contributed by atoms with van der Waals surface area (Å²) in [5, 5.41) is 3.98. The molecule has 0 aliphatic heterocycles. The molecule has 3 aromatic carbocycles. The Labute approximate surface area is 223 Å². The van der Waals surface area contributed by atoms with Gasteiger partial charge in [0.2, 0.25) is 5.91 Å². The van der Waals surface area contributed by atoms with Gasteiger partial charge in [-0.3, -0.25) is 9.59 Å². The topological polar surface area (TPSA) is 58.6 Å². The van der Waals surface area contributed by atoms with E-state index in [0.717, 1.165) is 17.5 Å². The van der Waals surface area contributed by atoms with Crippen molar-refractivity contribution in [2.45, 2.75) is 52.2 Å². The summed E-state index contributed by atoms with van der Waals surface area (Å²) in [5.74, 6) is 0.0471. The van der Waals surface area contributed by atoms with Crippen molar-refractivity contribution >= 4 is 35.0 Å². The van der Waals surface area contributed by atoms with Gasteiger partial charge >= 0.3 is 0 Å². The number of amides is 2. The lowest BCUT2D eigenvalue weighted by Gasteiger charge is -2.32. The SMILES string of the molecule is CC[C@@H](C)NC(=O)[C@@H](Cc1ccccc1)N(Cc1ccc(Cl)cc1Cl)C(=O)COc1ccc(C)cc1. The first-order valence-corrected chi connectivity index (χ1v) is 12.8. The van der Waals surface area contributed by atoms with Crippen LogP contribution in [0.15, 0.2) is 72.8 Å². The molecule has 190 valence electrons. The van der Waals surface area contributed by atoms with Crippen LogP contribution in [0.25, 0.3) is 0 Å². The van der Waals surface area contributed by atoms with E-state index >= 15 is 0 Å². The molecule has 3 aromatic rings. The Morgan fingerprint density at radius 1 is 1.00 bits per heavy atom. The van der Waals surface area contributed by atoms with Gasteiger partial charge in [-0.15, -0.1) is 0 Å². The van der Waals surface area contributed by atoms with E-state index in [0.29, 0.717) is 27.8 Å². The van der Waals surface area contributed by atoms with Crippen LogP contribution in [0, 0.1) is 6.92 Å². The third kappa shape index (κ3) is 8.00. The second kappa shape index (κ2) is 13.3. The summed E-state index contributed by atoms with van der Waals surface area (Å²) in [6.07, 6.45) is 1.13. The molecule has 0 saturated heterocycles. The Balaban J connectivity index is 1.93. The minimum Gasteiger partial charge on any atom is -0.484 e. The zero-order valence-corrected chi connectivity index (χ0v) is 22.4. The molecule has 1 N–H and O–H groups in total. The van der Waals surface area contributed by atoms with Crippen molar-refractivity contribution in [3.05, 3.63) is 99.5 Å². The van der Waals surface area contributed by atoms with E-state index in [4.69, 9.17) is 27.9 Å². The Morgan fingerprint density at radius 2 is 1.69 bits per heavy atom. The average Bonchev–Trinajstić information content (AvgIpc) is 2.87. The minimum absolute atomic E-state index is 0.0318. The van der Waals surface area contributed by atoms with Gasteiger partial charge in [-0.25, -0.2) is 0 Å². The number of carbonyl (C=O) groups is 2. The maximum absolute atomic E-state index is 13.6. The van der Waals surface area contributed by atoms with Crippen LogP contribution < -0.4 is 10.1 Å². The number of halogens is 2. The first-order chi connectivity index (χ1) is 17.3. The molecule has 5 nitrogen and oxygen atoms in total. The van der Waals surface area contributed by atoms with Crippen molar-refractivity contribution in [3.8, 4) is 5.75 Å². The van der Waals surface area contributed by atoms with Gasteiger partial charge in [0.05, 0.1) is 0 Å². The lowest BCUT2D eigenvalue weighted by atomic mass is 10.0. The summed E-state index contributed by atoms with van der Waals surface area (Å²) in [7, 11) is 0. The van der Waals surface area contributed by atoms with E-state index in [2.05, 4.69) is 5.32 Å². The molecule has 2 amide bonds. The predicted molar refractivity (Wildman–Crippen MR) is 146 cm³/mol. The molecule has 0 aromatic heterocycles. The number of nitrogens with zero attached hydrogens (tertiary/aromatic N) is 1. The van der Waals surface area contributed by atoms with Gasteiger partial charge in [0.15, 0.2) is 6.61 Å². The van der Waals surface area contributed by atoms with Crippen LogP contribution in [0.2, 0.25) is 10.0 Å². The van der Waals surface area contributed by atoms with Crippen LogP contribution in [0.3, 0.4) is 0 Å². The predicted octanol–water partition coefficient (Wildman–Crippen LogP) is 6.24. The van der Waals surface area contributed by atoms with Crippen molar-refractivity contribution in [2.24, 2.45) is 0 Å². The van der Waals surface area contributed by atoms with Crippen LogP contribution in [-0.2, 0) is 22.6 Å². The normalized spacial score (nSPS) is 12.5. The second-order valence-electron chi connectivity index (χ2n) is 8.88. The Hall–Kier alpha value is -3.02. The number of hydrogen-bond acceptors (Lipinski definition) is 3. The van der Waals surface area contributed by atoms with Gasteiger partial charge in [0, 0.05) is 29.1 Å². The fourth-order valence-corrected chi connectivity index (χ4v) is 4.16. The number of benzene rings is 3. The highest BCUT2D eigenvalue weighted by molar-refractivity contribution is 6.35. The molecule has 0 bridgehead atoms. The third-order valence-corrected chi connectivity index (χ3v) is 6.60. The molecule has 36 heavy (non-hydrogen) atoms. The fraction of sp³-hybridized carbons (Fsp3) is 0.310. The van der Waals surface area contributed by atoms with Gasteiger partial charge in [0.25, 0.3) is 5.91 Å². The van der Waals surface area contributed by atoms with E-state index in [9.17, 15) is 9.59 Å². The van der Waals surface area contributed by atoms with Crippen molar-refractivity contribution in [3.63, 3.8) is 0 Å². The van der Waals surface area contributed by atoms with Crippen LogP contribution >= 0.6 is 23.2 Å². The molecule has 0 aliphatic rings. The molecular weight excluding hydrogens is 495 g/mol. The number of carbonyl (C=O) groups excluding carboxylic acids is 2. The molecule has 0 unspecified atom stereocenters. The molecule has 0 saturated carbocycles. The molecular formula is C29H32Cl2N2O3. The van der Waals surface area contributed by atoms with Gasteiger partial charge in [-0.05, 0) is 55.7 Å². The molecule has 0 fully saturated rings. The zero-order valence-electron chi connectivity index (χ0n) is 20.8. The van der Waals surface area contributed by atoms with E-state index in [-0.39, 0.29) is 31.0 Å². The Bertz CT molecular complexity index is 1150. The maximum Gasteiger partial charge on any atom is 0.261 e. The van der Waals surface area contributed by atoms with Crippen LogP contribution in [0.1, 0.15) is 37.0 Å². The van der Waals surface area contributed by atoms with Gasteiger partial charge in [-0.1, -0.05) is 84.2 Å². The summed E-state index contributed by atoms with van der Waals surface area (Å²) in [6, 6.07) is 21.5. The zero-order chi connectivity index (χ0) is 26.1. The smallest absolute Gasteiger partial charge is 0.261 e. The summed E-state index contributed by atoms with van der Waals surface area (Å²) in [6.45, 7) is 5.85. The average molecular weight is 527 g/mol. The van der Waals surface area contributed by atoms with E-state index in [1.807, 2.05) is 75.4 Å². The highest BCUT2D eigenvalue weighted by Crippen LogP contribution is 2.24.